The molecule has 0 spiro atoms. The van der Waals surface area contributed by atoms with Crippen LogP contribution < -0.4 is 11.1 Å². The van der Waals surface area contributed by atoms with Gasteiger partial charge in [0.05, 0.1) is 0 Å². The summed E-state index contributed by atoms with van der Waals surface area (Å²) >= 11 is 0. The van der Waals surface area contributed by atoms with Gasteiger partial charge in [0.15, 0.2) is 0 Å². The normalized spacial score (nSPS) is 22.3. The Kier molecular flexibility index (Phi) is 5.56. The van der Waals surface area contributed by atoms with E-state index >= 15 is 0 Å². The number of carbonyl (C=O) groups excluding carboxylic acids is 1. The molecule has 3 N–H and O–H groups in total. The van der Waals surface area contributed by atoms with Crippen LogP contribution >= 0.6 is 12.4 Å². The summed E-state index contributed by atoms with van der Waals surface area (Å²) in [7, 11) is 0. The third-order valence-corrected chi connectivity index (χ3v) is 3.20. The smallest absolute Gasteiger partial charge is 0.223 e. The van der Waals surface area contributed by atoms with Crippen molar-refractivity contribution in [2.75, 3.05) is 0 Å². The fourth-order valence-corrected chi connectivity index (χ4v) is 2.23. The molecule has 2 atom stereocenters. The van der Waals surface area contributed by atoms with Crippen molar-refractivity contribution in [3.8, 4) is 0 Å². The van der Waals surface area contributed by atoms with Crippen LogP contribution in [-0.2, 0) is 11.3 Å². The van der Waals surface area contributed by atoms with Crippen LogP contribution in [0.1, 0.15) is 24.8 Å². The van der Waals surface area contributed by atoms with Crippen LogP contribution in [0.2, 0.25) is 0 Å². The lowest BCUT2D eigenvalue weighted by molar-refractivity contribution is -0.125. The van der Waals surface area contributed by atoms with Crippen molar-refractivity contribution in [3.63, 3.8) is 0 Å². The lowest BCUT2D eigenvalue weighted by atomic mass is 10.1. The largest absolute Gasteiger partial charge is 0.352 e. The SMILES string of the molecule is Cl.NC1CCC(C(=O)NCc2cccc(F)c2)C1. The van der Waals surface area contributed by atoms with Gasteiger partial charge in [0.1, 0.15) is 5.82 Å². The predicted octanol–water partition coefficient (Wildman–Crippen LogP) is 1.99. The Hall–Kier alpha value is -1.13. The third-order valence-electron chi connectivity index (χ3n) is 3.20. The topological polar surface area (TPSA) is 55.1 Å². The van der Waals surface area contributed by atoms with E-state index in [2.05, 4.69) is 5.32 Å². The number of nitrogens with two attached hydrogens (primary N) is 1. The van der Waals surface area contributed by atoms with Crippen LogP contribution in [0.3, 0.4) is 0 Å². The van der Waals surface area contributed by atoms with Crippen LogP contribution in [0.4, 0.5) is 4.39 Å². The number of nitrogens with one attached hydrogen (secondary N) is 1. The Morgan fingerprint density at radius 2 is 2.22 bits per heavy atom. The summed E-state index contributed by atoms with van der Waals surface area (Å²) in [6.07, 6.45) is 2.53. The molecule has 0 saturated heterocycles. The lowest BCUT2D eigenvalue weighted by Gasteiger charge is -2.10. The van der Waals surface area contributed by atoms with E-state index in [4.69, 9.17) is 5.73 Å². The Morgan fingerprint density at radius 3 is 2.83 bits per heavy atom. The number of hydrogen-bond acceptors (Lipinski definition) is 2. The van der Waals surface area contributed by atoms with Gasteiger partial charge in [-0.25, -0.2) is 4.39 Å². The summed E-state index contributed by atoms with van der Waals surface area (Å²) in [5, 5.41) is 2.83. The molecule has 1 fully saturated rings. The second-order valence-corrected chi connectivity index (χ2v) is 4.62. The highest BCUT2D eigenvalue weighted by molar-refractivity contribution is 5.85. The van der Waals surface area contributed by atoms with Crippen LogP contribution in [0.5, 0.6) is 0 Å². The molecule has 2 rings (SSSR count). The van der Waals surface area contributed by atoms with Crippen molar-refractivity contribution in [1.29, 1.82) is 0 Å². The highest BCUT2D eigenvalue weighted by atomic mass is 35.5. The first-order chi connectivity index (χ1) is 8.15. The van der Waals surface area contributed by atoms with Crippen LogP contribution in [0.15, 0.2) is 24.3 Å². The van der Waals surface area contributed by atoms with Gasteiger partial charge in [-0.05, 0) is 37.0 Å². The van der Waals surface area contributed by atoms with Gasteiger partial charge in [0, 0.05) is 18.5 Å². The molecular weight excluding hydrogens is 255 g/mol. The van der Waals surface area contributed by atoms with Crippen LogP contribution in [-0.4, -0.2) is 11.9 Å². The number of rotatable bonds is 3. The molecule has 0 radical (unpaired) electrons. The Labute approximate surface area is 112 Å². The quantitative estimate of drug-likeness (QED) is 0.884. The molecular formula is C13H18ClFN2O. The maximum Gasteiger partial charge on any atom is 0.223 e. The van der Waals surface area contributed by atoms with Gasteiger partial charge in [0.2, 0.25) is 5.91 Å². The van der Waals surface area contributed by atoms with Gasteiger partial charge in [-0.2, -0.15) is 0 Å². The monoisotopic (exact) mass is 272 g/mol. The third kappa shape index (κ3) is 3.96. The molecule has 18 heavy (non-hydrogen) atoms. The second-order valence-electron chi connectivity index (χ2n) is 4.62. The molecule has 1 aliphatic rings. The van der Waals surface area contributed by atoms with Crippen molar-refractivity contribution < 1.29 is 9.18 Å². The second kappa shape index (κ2) is 6.71. The molecule has 0 bridgehead atoms. The molecule has 2 unspecified atom stereocenters. The maximum absolute atomic E-state index is 12.9. The average Bonchev–Trinajstić information content (AvgIpc) is 2.73. The van der Waals surface area contributed by atoms with E-state index in [1.54, 1.807) is 12.1 Å². The van der Waals surface area contributed by atoms with E-state index in [1.165, 1.54) is 12.1 Å². The number of halogens is 2. The highest BCUT2D eigenvalue weighted by Gasteiger charge is 2.27. The lowest BCUT2D eigenvalue weighted by Crippen LogP contribution is -2.30. The zero-order valence-corrected chi connectivity index (χ0v) is 10.9. The van der Waals surface area contributed by atoms with Gasteiger partial charge in [-0.1, -0.05) is 12.1 Å². The zero-order valence-electron chi connectivity index (χ0n) is 10.1. The Morgan fingerprint density at radius 1 is 1.44 bits per heavy atom. The molecule has 1 aliphatic carbocycles. The van der Waals surface area contributed by atoms with Crippen LogP contribution in [0.25, 0.3) is 0 Å². The first kappa shape index (κ1) is 14.9. The van der Waals surface area contributed by atoms with E-state index in [0.717, 1.165) is 24.8 Å². The van der Waals surface area contributed by atoms with Gasteiger partial charge in [-0.3, -0.25) is 4.79 Å². The molecule has 0 aliphatic heterocycles. The number of benzene rings is 1. The van der Waals surface area contributed by atoms with E-state index < -0.39 is 0 Å². The maximum atomic E-state index is 12.9. The van der Waals surface area contributed by atoms with Crippen molar-refractivity contribution in [1.82, 2.24) is 5.32 Å². The first-order valence-corrected chi connectivity index (χ1v) is 5.93. The minimum absolute atomic E-state index is 0. The van der Waals surface area contributed by atoms with Gasteiger partial charge in [0.25, 0.3) is 0 Å². The van der Waals surface area contributed by atoms with E-state index in [1.807, 2.05) is 0 Å². The van der Waals surface area contributed by atoms with Gasteiger partial charge >= 0.3 is 0 Å². The van der Waals surface area contributed by atoms with Gasteiger partial charge < -0.3 is 11.1 Å². The molecule has 0 heterocycles. The number of carbonyl (C=O) groups is 1. The molecule has 1 aromatic carbocycles. The molecule has 3 nitrogen and oxygen atoms in total. The molecule has 1 saturated carbocycles. The summed E-state index contributed by atoms with van der Waals surface area (Å²) in [5.74, 6) is -0.222. The average molecular weight is 273 g/mol. The van der Waals surface area contributed by atoms with Crippen molar-refractivity contribution in [2.45, 2.75) is 31.8 Å². The minimum Gasteiger partial charge on any atom is -0.352 e. The van der Waals surface area contributed by atoms with Crippen molar-refractivity contribution in [3.05, 3.63) is 35.6 Å². The van der Waals surface area contributed by atoms with Gasteiger partial charge in [-0.15, -0.1) is 12.4 Å². The number of hydrogen-bond donors (Lipinski definition) is 2. The Balaban J connectivity index is 0.00000162. The first-order valence-electron chi connectivity index (χ1n) is 5.93. The zero-order chi connectivity index (χ0) is 12.3. The standard InChI is InChI=1S/C13H17FN2O.ClH/c14-11-3-1-2-9(6-11)8-16-13(17)10-4-5-12(15)7-10;/h1-3,6,10,12H,4-5,7-8,15H2,(H,16,17);1H. The summed E-state index contributed by atoms with van der Waals surface area (Å²) in [4.78, 5) is 11.8. The van der Waals surface area contributed by atoms with E-state index in [0.29, 0.717) is 6.54 Å². The summed E-state index contributed by atoms with van der Waals surface area (Å²) in [5.41, 5.74) is 6.54. The molecule has 0 aromatic heterocycles. The number of amides is 1. The van der Waals surface area contributed by atoms with E-state index in [-0.39, 0.29) is 36.1 Å². The van der Waals surface area contributed by atoms with Crippen molar-refractivity contribution in [2.24, 2.45) is 11.7 Å². The Bertz CT molecular complexity index is 414. The van der Waals surface area contributed by atoms with Crippen LogP contribution in [0, 0.1) is 11.7 Å². The molecule has 5 heteroatoms. The van der Waals surface area contributed by atoms with E-state index in [9.17, 15) is 9.18 Å². The molecule has 100 valence electrons. The summed E-state index contributed by atoms with van der Waals surface area (Å²) < 4.78 is 12.9. The molecule has 1 amide bonds. The van der Waals surface area contributed by atoms with Crippen molar-refractivity contribution >= 4 is 18.3 Å². The fourth-order valence-electron chi connectivity index (χ4n) is 2.23. The minimum atomic E-state index is -0.278. The fraction of sp³-hybridized carbons (Fsp3) is 0.462. The molecule has 1 aromatic rings. The summed E-state index contributed by atoms with van der Waals surface area (Å²) in [6, 6.07) is 6.41. The highest BCUT2D eigenvalue weighted by Crippen LogP contribution is 2.24. The predicted molar refractivity (Wildman–Crippen MR) is 70.8 cm³/mol. The summed E-state index contributed by atoms with van der Waals surface area (Å²) in [6.45, 7) is 0.377.